The van der Waals surface area contributed by atoms with Crippen LogP contribution in [0.1, 0.15) is 25.7 Å². The van der Waals surface area contributed by atoms with E-state index in [1.54, 1.807) is 18.0 Å². The van der Waals surface area contributed by atoms with Crippen LogP contribution in [0.25, 0.3) is 11.1 Å². The summed E-state index contributed by atoms with van der Waals surface area (Å²) >= 11 is 0. The van der Waals surface area contributed by atoms with Gasteiger partial charge in [0.25, 0.3) is 0 Å². The predicted molar refractivity (Wildman–Crippen MR) is 102 cm³/mol. The van der Waals surface area contributed by atoms with E-state index in [-0.39, 0.29) is 11.8 Å². The first-order chi connectivity index (χ1) is 12.6. The summed E-state index contributed by atoms with van der Waals surface area (Å²) in [5.41, 5.74) is 2.45. The number of amides is 2. The van der Waals surface area contributed by atoms with Gasteiger partial charge in [0.15, 0.2) is 0 Å². The maximum Gasteiger partial charge on any atom is 0.321 e. The molecule has 1 aliphatic heterocycles. The Morgan fingerprint density at radius 3 is 2.73 bits per heavy atom. The molecule has 2 amide bonds. The van der Waals surface area contributed by atoms with Crippen LogP contribution in [0, 0.1) is 5.82 Å². The third-order valence-corrected chi connectivity index (χ3v) is 4.68. The monoisotopic (exact) mass is 356 g/mol. The molecule has 1 fully saturated rings. The highest BCUT2D eigenvalue weighted by molar-refractivity contribution is 5.89. The molecule has 3 rings (SSSR count). The number of carbonyl (C=O) groups excluding carboxylic acids is 1. The Kier molecular flexibility index (Phi) is 6.23. The molecule has 138 valence electrons. The van der Waals surface area contributed by atoms with Gasteiger partial charge in [-0.3, -0.25) is 0 Å². The Labute approximate surface area is 154 Å². The van der Waals surface area contributed by atoms with Crippen molar-refractivity contribution in [2.45, 2.75) is 31.8 Å². The number of urea groups is 1. The number of halogens is 1. The summed E-state index contributed by atoms with van der Waals surface area (Å²) in [6.07, 6.45) is 4.58. The summed E-state index contributed by atoms with van der Waals surface area (Å²) in [7, 11) is 1.80. The number of hydrogen-bond acceptors (Lipinski definition) is 2. The molecule has 1 N–H and O–H groups in total. The fraction of sp³-hybridized carbons (Fsp3) is 0.381. The number of rotatable bonds is 6. The number of carbonyl (C=O) groups is 1. The fourth-order valence-corrected chi connectivity index (χ4v) is 3.16. The summed E-state index contributed by atoms with van der Waals surface area (Å²) in [6.45, 7) is 1.57. The van der Waals surface area contributed by atoms with Gasteiger partial charge in [0.05, 0.1) is 6.10 Å². The van der Waals surface area contributed by atoms with Crippen molar-refractivity contribution < 1.29 is 13.9 Å². The average molecular weight is 356 g/mol. The van der Waals surface area contributed by atoms with Gasteiger partial charge in [-0.2, -0.15) is 0 Å². The van der Waals surface area contributed by atoms with Gasteiger partial charge in [-0.1, -0.05) is 24.3 Å². The van der Waals surface area contributed by atoms with Crippen LogP contribution in [0.3, 0.4) is 0 Å². The van der Waals surface area contributed by atoms with Crippen LogP contribution in [0.2, 0.25) is 0 Å². The van der Waals surface area contributed by atoms with E-state index in [4.69, 9.17) is 4.74 Å². The Hall–Kier alpha value is -2.40. The molecule has 4 nitrogen and oxygen atoms in total. The zero-order valence-electron chi connectivity index (χ0n) is 15.1. The fourth-order valence-electron chi connectivity index (χ4n) is 3.16. The number of benzene rings is 2. The lowest BCUT2D eigenvalue weighted by Crippen LogP contribution is -2.32. The van der Waals surface area contributed by atoms with Crippen molar-refractivity contribution in [2.24, 2.45) is 0 Å². The second kappa shape index (κ2) is 8.81. The second-order valence-electron chi connectivity index (χ2n) is 6.72. The lowest BCUT2D eigenvalue weighted by atomic mass is 10.1. The summed E-state index contributed by atoms with van der Waals surface area (Å²) in [5, 5.41) is 2.89. The van der Waals surface area contributed by atoms with Crippen molar-refractivity contribution in [3.63, 3.8) is 0 Å². The summed E-state index contributed by atoms with van der Waals surface area (Å²) in [4.78, 5) is 14.0. The van der Waals surface area contributed by atoms with Crippen LogP contribution in [-0.2, 0) is 4.74 Å². The zero-order valence-corrected chi connectivity index (χ0v) is 15.1. The van der Waals surface area contributed by atoms with Crippen molar-refractivity contribution >= 4 is 11.7 Å². The minimum absolute atomic E-state index is 0.129. The van der Waals surface area contributed by atoms with E-state index in [2.05, 4.69) is 5.32 Å². The summed E-state index contributed by atoms with van der Waals surface area (Å²) in [6, 6.07) is 13.8. The summed E-state index contributed by atoms with van der Waals surface area (Å²) in [5.74, 6) is -0.260. The number of nitrogens with one attached hydrogen (secondary N) is 1. The lowest BCUT2D eigenvalue weighted by Gasteiger charge is -2.19. The second-order valence-corrected chi connectivity index (χ2v) is 6.72. The smallest absolute Gasteiger partial charge is 0.321 e. The van der Waals surface area contributed by atoms with E-state index in [0.717, 1.165) is 49.1 Å². The third kappa shape index (κ3) is 5.05. The molecule has 26 heavy (non-hydrogen) atoms. The topological polar surface area (TPSA) is 41.6 Å². The molecule has 2 aromatic carbocycles. The molecule has 0 spiro atoms. The van der Waals surface area contributed by atoms with Gasteiger partial charge in [0, 0.05) is 25.9 Å². The van der Waals surface area contributed by atoms with E-state index >= 15 is 0 Å². The van der Waals surface area contributed by atoms with Crippen molar-refractivity contribution in [1.82, 2.24) is 4.90 Å². The SMILES string of the molecule is CN(CCCC1CCCO1)C(=O)Nc1ccc(-c2cccc(F)c2)cc1. The molecule has 1 unspecified atom stereocenters. The van der Waals surface area contributed by atoms with Crippen LogP contribution in [0.15, 0.2) is 48.5 Å². The molecule has 1 atom stereocenters. The van der Waals surface area contributed by atoms with Crippen molar-refractivity contribution in [2.75, 3.05) is 25.5 Å². The van der Waals surface area contributed by atoms with Crippen LogP contribution in [0.4, 0.5) is 14.9 Å². The van der Waals surface area contributed by atoms with E-state index in [1.807, 2.05) is 30.3 Å². The molecular weight excluding hydrogens is 331 g/mol. The Morgan fingerprint density at radius 1 is 1.23 bits per heavy atom. The predicted octanol–water partition coefficient (Wildman–Crippen LogP) is 4.92. The van der Waals surface area contributed by atoms with Gasteiger partial charge in [-0.15, -0.1) is 0 Å². The van der Waals surface area contributed by atoms with Crippen LogP contribution in [0.5, 0.6) is 0 Å². The molecule has 0 aliphatic carbocycles. The molecule has 5 heteroatoms. The highest BCUT2D eigenvalue weighted by atomic mass is 19.1. The molecular formula is C21H25FN2O2. The Balaban J connectivity index is 1.49. The number of hydrogen-bond donors (Lipinski definition) is 1. The van der Waals surface area contributed by atoms with Gasteiger partial charge in [0.1, 0.15) is 5.82 Å². The lowest BCUT2D eigenvalue weighted by molar-refractivity contribution is 0.101. The summed E-state index contributed by atoms with van der Waals surface area (Å²) < 4.78 is 18.9. The quantitative estimate of drug-likeness (QED) is 0.798. The van der Waals surface area contributed by atoms with E-state index < -0.39 is 0 Å². The van der Waals surface area contributed by atoms with E-state index in [1.165, 1.54) is 12.1 Å². The standard InChI is InChI=1S/C21H25FN2O2/c1-24(13-3-7-20-8-4-14-26-20)21(25)23-19-11-9-16(10-12-19)17-5-2-6-18(22)15-17/h2,5-6,9-12,15,20H,3-4,7-8,13-14H2,1H3,(H,23,25). The highest BCUT2D eigenvalue weighted by Gasteiger charge is 2.16. The third-order valence-electron chi connectivity index (χ3n) is 4.68. The Bertz CT molecular complexity index is 727. The minimum Gasteiger partial charge on any atom is -0.378 e. The first kappa shape index (κ1) is 18.4. The maximum absolute atomic E-state index is 13.3. The number of nitrogens with zero attached hydrogens (tertiary/aromatic N) is 1. The van der Waals surface area contributed by atoms with Crippen molar-refractivity contribution in [1.29, 1.82) is 0 Å². The zero-order chi connectivity index (χ0) is 18.4. The van der Waals surface area contributed by atoms with Crippen LogP contribution >= 0.6 is 0 Å². The van der Waals surface area contributed by atoms with Gasteiger partial charge < -0.3 is 15.0 Å². The molecule has 1 saturated heterocycles. The van der Waals surface area contributed by atoms with Crippen LogP contribution in [-0.4, -0.2) is 37.2 Å². The first-order valence-electron chi connectivity index (χ1n) is 9.11. The molecule has 2 aromatic rings. The number of anilines is 1. The minimum atomic E-state index is -0.260. The average Bonchev–Trinajstić information content (AvgIpc) is 3.15. The molecule has 0 aromatic heterocycles. The molecule has 1 aliphatic rings. The van der Waals surface area contributed by atoms with Gasteiger partial charge >= 0.3 is 6.03 Å². The van der Waals surface area contributed by atoms with Crippen molar-refractivity contribution in [3.05, 3.63) is 54.3 Å². The molecule has 0 radical (unpaired) electrons. The maximum atomic E-state index is 13.3. The first-order valence-corrected chi connectivity index (χ1v) is 9.11. The van der Waals surface area contributed by atoms with E-state index in [9.17, 15) is 9.18 Å². The molecule has 1 heterocycles. The normalized spacial score (nSPS) is 16.5. The van der Waals surface area contributed by atoms with Gasteiger partial charge in [0.2, 0.25) is 0 Å². The Morgan fingerprint density at radius 2 is 2.04 bits per heavy atom. The van der Waals surface area contributed by atoms with E-state index in [0.29, 0.717) is 12.6 Å². The highest BCUT2D eigenvalue weighted by Crippen LogP contribution is 2.22. The number of ether oxygens (including phenoxy) is 1. The van der Waals surface area contributed by atoms with Crippen LogP contribution < -0.4 is 5.32 Å². The van der Waals surface area contributed by atoms with Gasteiger partial charge in [-0.25, -0.2) is 9.18 Å². The van der Waals surface area contributed by atoms with Gasteiger partial charge in [-0.05, 0) is 61.1 Å². The molecule has 0 saturated carbocycles. The largest absolute Gasteiger partial charge is 0.378 e. The molecule has 0 bridgehead atoms. The van der Waals surface area contributed by atoms with Crippen molar-refractivity contribution in [3.8, 4) is 11.1 Å².